The molecule has 0 amide bonds. The van der Waals surface area contributed by atoms with Crippen molar-refractivity contribution in [1.82, 2.24) is 10.2 Å². The summed E-state index contributed by atoms with van der Waals surface area (Å²) >= 11 is 0. The number of benzene rings is 1. The molecule has 1 atom stereocenters. The van der Waals surface area contributed by atoms with E-state index >= 15 is 0 Å². The van der Waals surface area contributed by atoms with Crippen LogP contribution in [-0.4, -0.2) is 37.8 Å². The number of nitrogens with zero attached hydrogens (tertiary/aromatic N) is 1. The standard InChI is InChI=1S/C13H18F2N2.2ClH/c1-10-2-3-11(12(15)8-10)13(9-14)17-6-4-16-5-7-17;;/h2-3,8,13,16H,4-7,9H2,1H3;2*1H/t13-;;/m0../s1. The van der Waals surface area contributed by atoms with Crippen molar-refractivity contribution in [3.05, 3.63) is 35.1 Å². The Hall–Kier alpha value is -0.420. The van der Waals surface area contributed by atoms with Gasteiger partial charge in [-0.2, -0.15) is 0 Å². The lowest BCUT2D eigenvalue weighted by molar-refractivity contribution is 0.144. The Morgan fingerprint density at radius 2 is 1.89 bits per heavy atom. The van der Waals surface area contributed by atoms with Gasteiger partial charge in [0.15, 0.2) is 0 Å². The third kappa shape index (κ3) is 4.56. The average molecular weight is 313 g/mol. The number of rotatable bonds is 3. The van der Waals surface area contributed by atoms with E-state index in [9.17, 15) is 8.78 Å². The first-order valence-corrected chi connectivity index (χ1v) is 5.99. The first kappa shape index (κ1) is 18.6. The Morgan fingerprint density at radius 1 is 1.26 bits per heavy atom. The molecular weight excluding hydrogens is 293 g/mol. The Morgan fingerprint density at radius 3 is 2.42 bits per heavy atom. The number of halogens is 4. The zero-order valence-corrected chi connectivity index (χ0v) is 12.5. The molecule has 0 aliphatic carbocycles. The summed E-state index contributed by atoms with van der Waals surface area (Å²) in [5.41, 5.74) is 1.34. The van der Waals surface area contributed by atoms with Gasteiger partial charge in [0.05, 0.1) is 6.04 Å². The molecule has 0 spiro atoms. The van der Waals surface area contributed by atoms with Gasteiger partial charge in [-0.15, -0.1) is 24.8 Å². The Balaban J connectivity index is 0.00000162. The van der Waals surface area contributed by atoms with Crippen molar-refractivity contribution in [3.8, 4) is 0 Å². The maximum Gasteiger partial charge on any atom is 0.128 e. The SMILES string of the molecule is Cc1ccc([C@H](CF)N2CCNCC2)c(F)c1.Cl.Cl. The molecule has 1 heterocycles. The molecule has 1 saturated heterocycles. The van der Waals surface area contributed by atoms with E-state index in [-0.39, 0.29) is 30.6 Å². The monoisotopic (exact) mass is 312 g/mol. The molecule has 2 rings (SSSR count). The highest BCUT2D eigenvalue weighted by molar-refractivity contribution is 5.85. The number of hydrogen-bond donors (Lipinski definition) is 1. The maximum atomic E-state index is 13.8. The van der Waals surface area contributed by atoms with E-state index in [0.29, 0.717) is 5.56 Å². The van der Waals surface area contributed by atoms with E-state index in [1.165, 1.54) is 6.07 Å². The highest BCUT2D eigenvalue weighted by atomic mass is 35.5. The van der Waals surface area contributed by atoms with Crippen LogP contribution in [0.4, 0.5) is 8.78 Å². The quantitative estimate of drug-likeness (QED) is 0.923. The fraction of sp³-hybridized carbons (Fsp3) is 0.538. The minimum Gasteiger partial charge on any atom is -0.314 e. The molecule has 0 aromatic heterocycles. The van der Waals surface area contributed by atoms with Crippen LogP contribution >= 0.6 is 24.8 Å². The number of hydrogen-bond acceptors (Lipinski definition) is 2. The lowest BCUT2D eigenvalue weighted by Gasteiger charge is -2.33. The molecule has 1 aromatic rings. The van der Waals surface area contributed by atoms with Gasteiger partial charge >= 0.3 is 0 Å². The minimum absolute atomic E-state index is 0. The minimum atomic E-state index is -0.542. The number of piperazine rings is 1. The largest absolute Gasteiger partial charge is 0.314 e. The van der Waals surface area contributed by atoms with Crippen LogP contribution in [0, 0.1) is 12.7 Å². The Bertz CT molecular complexity index is 385. The fourth-order valence-electron chi connectivity index (χ4n) is 2.27. The molecule has 1 N–H and O–H groups in total. The molecule has 0 saturated carbocycles. The molecule has 6 heteroatoms. The second kappa shape index (κ2) is 8.69. The van der Waals surface area contributed by atoms with Gasteiger partial charge in [-0.25, -0.2) is 8.78 Å². The zero-order valence-electron chi connectivity index (χ0n) is 10.9. The van der Waals surface area contributed by atoms with Gasteiger partial charge in [0.1, 0.15) is 12.5 Å². The summed E-state index contributed by atoms with van der Waals surface area (Å²) in [4.78, 5) is 2.00. The second-order valence-electron chi connectivity index (χ2n) is 4.48. The highest BCUT2D eigenvalue weighted by Gasteiger charge is 2.24. The van der Waals surface area contributed by atoms with Crippen LogP contribution in [0.25, 0.3) is 0 Å². The second-order valence-corrected chi connectivity index (χ2v) is 4.48. The summed E-state index contributed by atoms with van der Waals surface area (Å²) in [5.74, 6) is -0.300. The van der Waals surface area contributed by atoms with Crippen LogP contribution < -0.4 is 5.32 Å². The summed E-state index contributed by atoms with van der Waals surface area (Å²) in [5, 5.41) is 3.21. The molecule has 1 fully saturated rings. The summed E-state index contributed by atoms with van der Waals surface area (Å²) < 4.78 is 27.0. The topological polar surface area (TPSA) is 15.3 Å². The smallest absolute Gasteiger partial charge is 0.128 e. The number of aryl methyl sites for hydroxylation is 1. The van der Waals surface area contributed by atoms with Crippen molar-refractivity contribution in [3.63, 3.8) is 0 Å². The molecule has 1 aromatic carbocycles. The van der Waals surface area contributed by atoms with Crippen LogP contribution in [0.15, 0.2) is 18.2 Å². The van der Waals surface area contributed by atoms with E-state index in [0.717, 1.165) is 31.7 Å². The maximum absolute atomic E-state index is 13.8. The van der Waals surface area contributed by atoms with Gasteiger partial charge in [-0.3, -0.25) is 4.90 Å². The van der Waals surface area contributed by atoms with E-state index in [2.05, 4.69) is 5.32 Å². The van der Waals surface area contributed by atoms with E-state index in [1.54, 1.807) is 6.07 Å². The molecule has 0 bridgehead atoms. The molecule has 2 nitrogen and oxygen atoms in total. The first-order valence-electron chi connectivity index (χ1n) is 5.99. The molecule has 0 radical (unpaired) electrons. The van der Waals surface area contributed by atoms with Crippen molar-refractivity contribution < 1.29 is 8.78 Å². The van der Waals surface area contributed by atoms with Crippen LogP contribution in [0.2, 0.25) is 0 Å². The summed E-state index contributed by atoms with van der Waals surface area (Å²) in [6, 6.07) is 4.57. The molecule has 0 unspecified atom stereocenters. The Kier molecular flexibility index (Phi) is 8.50. The molecule has 1 aliphatic heterocycles. The van der Waals surface area contributed by atoms with Gasteiger partial charge in [0.25, 0.3) is 0 Å². The number of nitrogens with one attached hydrogen (secondary N) is 1. The van der Waals surface area contributed by atoms with Crippen LogP contribution in [0.3, 0.4) is 0 Å². The lowest BCUT2D eigenvalue weighted by Crippen LogP contribution is -2.45. The third-order valence-corrected chi connectivity index (χ3v) is 3.25. The highest BCUT2D eigenvalue weighted by Crippen LogP contribution is 2.25. The molecule has 19 heavy (non-hydrogen) atoms. The van der Waals surface area contributed by atoms with Gasteiger partial charge < -0.3 is 5.32 Å². The van der Waals surface area contributed by atoms with Crippen molar-refractivity contribution in [1.29, 1.82) is 0 Å². The van der Waals surface area contributed by atoms with E-state index in [4.69, 9.17) is 0 Å². The van der Waals surface area contributed by atoms with Crippen LogP contribution in [-0.2, 0) is 0 Å². The number of alkyl halides is 1. The molecular formula is C13H20Cl2F2N2. The van der Waals surface area contributed by atoms with Gasteiger partial charge in [0, 0.05) is 31.7 Å². The normalized spacial score (nSPS) is 17.2. The lowest BCUT2D eigenvalue weighted by atomic mass is 10.0. The third-order valence-electron chi connectivity index (χ3n) is 3.25. The predicted octanol–water partition coefficient (Wildman–Crippen LogP) is 2.89. The van der Waals surface area contributed by atoms with Gasteiger partial charge in [-0.05, 0) is 18.6 Å². The average Bonchev–Trinajstić information content (AvgIpc) is 2.34. The van der Waals surface area contributed by atoms with Gasteiger partial charge in [-0.1, -0.05) is 12.1 Å². The summed E-state index contributed by atoms with van der Waals surface area (Å²) in [6.45, 7) is 4.50. The Labute approximate surface area is 125 Å². The molecule has 1 aliphatic rings. The van der Waals surface area contributed by atoms with Gasteiger partial charge in [0.2, 0.25) is 0 Å². The predicted molar refractivity (Wildman–Crippen MR) is 78.8 cm³/mol. The van der Waals surface area contributed by atoms with Crippen molar-refractivity contribution in [2.24, 2.45) is 0 Å². The van der Waals surface area contributed by atoms with E-state index < -0.39 is 12.7 Å². The van der Waals surface area contributed by atoms with Crippen LogP contribution in [0.5, 0.6) is 0 Å². The summed E-state index contributed by atoms with van der Waals surface area (Å²) in [7, 11) is 0. The van der Waals surface area contributed by atoms with Crippen molar-refractivity contribution in [2.45, 2.75) is 13.0 Å². The van der Waals surface area contributed by atoms with Crippen molar-refractivity contribution >= 4 is 24.8 Å². The van der Waals surface area contributed by atoms with Crippen LogP contribution in [0.1, 0.15) is 17.2 Å². The van der Waals surface area contributed by atoms with Crippen molar-refractivity contribution in [2.75, 3.05) is 32.9 Å². The van der Waals surface area contributed by atoms with E-state index in [1.807, 2.05) is 17.9 Å². The zero-order chi connectivity index (χ0) is 12.3. The molecule has 110 valence electrons. The summed E-state index contributed by atoms with van der Waals surface area (Å²) in [6.07, 6.45) is 0. The fourth-order valence-corrected chi connectivity index (χ4v) is 2.27. The first-order chi connectivity index (χ1) is 8.22.